The van der Waals surface area contributed by atoms with E-state index in [1.54, 1.807) is 0 Å². The average molecular weight is 442 g/mol. The van der Waals surface area contributed by atoms with Crippen LogP contribution >= 0.6 is 11.3 Å². The maximum absolute atomic E-state index is 4.52. The molecule has 0 N–H and O–H groups in total. The first-order valence-electron chi connectivity index (χ1n) is 11.0. The maximum atomic E-state index is 4.52. The molecule has 33 heavy (non-hydrogen) atoms. The molecule has 0 aliphatic rings. The van der Waals surface area contributed by atoms with Gasteiger partial charge in [0.25, 0.3) is 0 Å². The minimum atomic E-state index is 0.859. The van der Waals surface area contributed by atoms with Crippen molar-refractivity contribution in [2.45, 2.75) is 6.92 Å². The smallest absolute Gasteiger partial charge is 0.168 e. The fraction of sp³-hybridized carbons (Fsp3) is 0.0345. The Morgan fingerprint density at radius 3 is 2.24 bits per heavy atom. The van der Waals surface area contributed by atoms with E-state index in [1.807, 2.05) is 23.5 Å². The first kappa shape index (κ1) is 18.5. The SMILES string of the molecule is Cc1cccc2c1sc1c(-c3ccc(-c4nnc5c6ccccc6ccn45)cc3)cccc12. The lowest BCUT2D eigenvalue weighted by Gasteiger charge is -2.06. The molecular weight excluding hydrogens is 422 g/mol. The highest BCUT2D eigenvalue weighted by Gasteiger charge is 2.13. The second kappa shape index (κ2) is 6.99. The van der Waals surface area contributed by atoms with Crippen molar-refractivity contribution in [3.63, 3.8) is 0 Å². The van der Waals surface area contributed by atoms with Gasteiger partial charge in [-0.2, -0.15) is 0 Å². The minimum Gasteiger partial charge on any atom is -0.282 e. The van der Waals surface area contributed by atoms with Crippen molar-refractivity contribution in [3.05, 3.63) is 103 Å². The molecule has 0 unspecified atom stereocenters. The molecule has 4 heteroatoms. The second-order valence-electron chi connectivity index (χ2n) is 8.43. The molecule has 0 radical (unpaired) electrons. The summed E-state index contributed by atoms with van der Waals surface area (Å²) in [6, 6.07) is 32.3. The number of hydrogen-bond donors (Lipinski definition) is 0. The Morgan fingerprint density at radius 1 is 0.636 bits per heavy atom. The molecule has 156 valence electrons. The summed E-state index contributed by atoms with van der Waals surface area (Å²) in [5, 5.41) is 14.0. The van der Waals surface area contributed by atoms with E-state index in [1.165, 1.54) is 42.2 Å². The van der Waals surface area contributed by atoms with Crippen molar-refractivity contribution >= 4 is 47.9 Å². The Balaban J connectivity index is 1.36. The van der Waals surface area contributed by atoms with Gasteiger partial charge in [-0.15, -0.1) is 21.5 Å². The Morgan fingerprint density at radius 2 is 1.36 bits per heavy atom. The number of pyridine rings is 1. The van der Waals surface area contributed by atoms with Crippen LogP contribution in [0.4, 0.5) is 0 Å². The van der Waals surface area contributed by atoms with Crippen molar-refractivity contribution in [3.8, 4) is 22.5 Å². The number of rotatable bonds is 2. The van der Waals surface area contributed by atoms with Gasteiger partial charge in [0.2, 0.25) is 0 Å². The van der Waals surface area contributed by atoms with Crippen LogP contribution in [0, 0.1) is 6.92 Å². The summed E-state index contributed by atoms with van der Waals surface area (Å²) in [5.41, 5.74) is 5.77. The number of aromatic nitrogens is 3. The highest BCUT2D eigenvalue weighted by molar-refractivity contribution is 7.26. The number of fused-ring (bicyclic) bond motifs is 6. The lowest BCUT2D eigenvalue weighted by atomic mass is 10.0. The molecule has 0 bridgehead atoms. The van der Waals surface area contributed by atoms with Gasteiger partial charge in [-0.05, 0) is 35.1 Å². The van der Waals surface area contributed by atoms with E-state index in [0.717, 1.165) is 22.4 Å². The van der Waals surface area contributed by atoms with Crippen LogP contribution in [0.2, 0.25) is 0 Å². The van der Waals surface area contributed by atoms with Crippen LogP contribution in [0.5, 0.6) is 0 Å². The summed E-state index contributed by atoms with van der Waals surface area (Å²) in [7, 11) is 0. The Hall–Kier alpha value is -4.02. The monoisotopic (exact) mass is 441 g/mol. The predicted molar refractivity (Wildman–Crippen MR) is 139 cm³/mol. The van der Waals surface area contributed by atoms with Gasteiger partial charge in [-0.3, -0.25) is 4.40 Å². The summed E-state index contributed by atoms with van der Waals surface area (Å²) >= 11 is 1.89. The van der Waals surface area contributed by atoms with Gasteiger partial charge in [-0.25, -0.2) is 0 Å². The molecule has 3 nitrogen and oxygen atoms in total. The van der Waals surface area contributed by atoms with Gasteiger partial charge in [0.1, 0.15) is 0 Å². The lowest BCUT2D eigenvalue weighted by molar-refractivity contribution is 1.11. The van der Waals surface area contributed by atoms with Crippen LogP contribution in [0.15, 0.2) is 97.2 Å². The van der Waals surface area contributed by atoms with Crippen molar-refractivity contribution in [2.75, 3.05) is 0 Å². The van der Waals surface area contributed by atoms with Crippen molar-refractivity contribution in [2.24, 2.45) is 0 Å². The van der Waals surface area contributed by atoms with E-state index in [2.05, 4.69) is 107 Å². The Kier molecular flexibility index (Phi) is 3.93. The molecule has 3 aromatic heterocycles. The Labute approximate surface area is 194 Å². The number of aryl methyl sites for hydroxylation is 1. The molecule has 7 rings (SSSR count). The molecule has 0 aliphatic heterocycles. The third-order valence-electron chi connectivity index (χ3n) is 6.48. The highest BCUT2D eigenvalue weighted by Crippen LogP contribution is 2.41. The van der Waals surface area contributed by atoms with Crippen LogP contribution < -0.4 is 0 Å². The third-order valence-corrected chi connectivity index (χ3v) is 7.87. The third kappa shape index (κ3) is 2.74. The molecule has 0 fully saturated rings. The van der Waals surface area contributed by atoms with Crippen LogP contribution in [0.25, 0.3) is 59.1 Å². The molecular formula is C29H19N3S. The zero-order valence-electron chi connectivity index (χ0n) is 18.0. The van der Waals surface area contributed by atoms with E-state index in [-0.39, 0.29) is 0 Å². The zero-order chi connectivity index (χ0) is 21.9. The second-order valence-corrected chi connectivity index (χ2v) is 9.45. The predicted octanol–water partition coefficient (Wildman–Crippen LogP) is 7.89. The lowest BCUT2D eigenvalue weighted by Crippen LogP contribution is -1.90. The normalized spacial score (nSPS) is 11.8. The van der Waals surface area contributed by atoms with Gasteiger partial charge in [-0.1, -0.05) is 84.9 Å². The minimum absolute atomic E-state index is 0.859. The summed E-state index contributed by atoms with van der Waals surface area (Å²) in [5.74, 6) is 0.859. The number of benzene rings is 4. The summed E-state index contributed by atoms with van der Waals surface area (Å²) in [6.45, 7) is 2.19. The quantitative estimate of drug-likeness (QED) is 0.273. The first-order valence-corrected chi connectivity index (χ1v) is 11.8. The molecule has 0 saturated heterocycles. The number of nitrogens with zero attached hydrogens (tertiary/aromatic N) is 3. The molecule has 0 amide bonds. The van der Waals surface area contributed by atoms with Gasteiger partial charge in [0.15, 0.2) is 11.5 Å². The fourth-order valence-electron chi connectivity index (χ4n) is 4.80. The van der Waals surface area contributed by atoms with Gasteiger partial charge < -0.3 is 0 Å². The molecule has 0 atom stereocenters. The standard InChI is InChI=1S/C29H19N3S/c1-18-6-4-10-24-25-11-5-9-22(27(25)33-26(18)24)20-12-14-21(15-13-20)28-30-31-29-23-8-3-2-7-19(23)16-17-32(28)29/h2-17H,1H3. The van der Waals surface area contributed by atoms with E-state index >= 15 is 0 Å². The summed E-state index contributed by atoms with van der Waals surface area (Å²) < 4.78 is 4.79. The number of thiophene rings is 1. The molecule has 3 heterocycles. The van der Waals surface area contributed by atoms with Gasteiger partial charge in [0, 0.05) is 37.3 Å². The average Bonchev–Trinajstić information content (AvgIpc) is 3.47. The van der Waals surface area contributed by atoms with Crippen LogP contribution in [-0.4, -0.2) is 14.6 Å². The largest absolute Gasteiger partial charge is 0.282 e. The molecule has 0 spiro atoms. The highest BCUT2D eigenvalue weighted by atomic mass is 32.1. The van der Waals surface area contributed by atoms with Gasteiger partial charge >= 0.3 is 0 Å². The number of hydrogen-bond acceptors (Lipinski definition) is 3. The van der Waals surface area contributed by atoms with Crippen LogP contribution in [0.3, 0.4) is 0 Å². The van der Waals surface area contributed by atoms with E-state index in [4.69, 9.17) is 0 Å². The molecule has 0 saturated carbocycles. The fourth-order valence-corrected chi connectivity index (χ4v) is 6.11. The van der Waals surface area contributed by atoms with E-state index < -0.39 is 0 Å². The van der Waals surface area contributed by atoms with Crippen molar-refractivity contribution < 1.29 is 0 Å². The maximum Gasteiger partial charge on any atom is 0.168 e. The topological polar surface area (TPSA) is 30.2 Å². The van der Waals surface area contributed by atoms with E-state index in [9.17, 15) is 0 Å². The van der Waals surface area contributed by atoms with Gasteiger partial charge in [0.05, 0.1) is 0 Å². The van der Waals surface area contributed by atoms with E-state index in [0.29, 0.717) is 0 Å². The summed E-state index contributed by atoms with van der Waals surface area (Å²) in [4.78, 5) is 0. The molecule has 4 aromatic carbocycles. The summed E-state index contributed by atoms with van der Waals surface area (Å²) in [6.07, 6.45) is 2.06. The molecule has 7 aromatic rings. The van der Waals surface area contributed by atoms with Crippen molar-refractivity contribution in [1.82, 2.24) is 14.6 Å². The van der Waals surface area contributed by atoms with Crippen molar-refractivity contribution in [1.29, 1.82) is 0 Å². The van der Waals surface area contributed by atoms with Crippen LogP contribution in [0.1, 0.15) is 5.56 Å². The first-order chi connectivity index (χ1) is 16.3. The Bertz CT molecular complexity index is 1820. The molecule has 0 aliphatic carbocycles. The van der Waals surface area contributed by atoms with Crippen LogP contribution in [-0.2, 0) is 0 Å². The zero-order valence-corrected chi connectivity index (χ0v) is 18.8.